The van der Waals surface area contributed by atoms with Gasteiger partial charge in [-0.15, -0.1) is 0 Å². The van der Waals surface area contributed by atoms with Gasteiger partial charge in [0.2, 0.25) is 0 Å². The van der Waals surface area contributed by atoms with E-state index in [4.69, 9.17) is 5.84 Å². The average molecular weight is 290 g/mol. The van der Waals surface area contributed by atoms with E-state index in [9.17, 15) is 19.7 Å². The highest BCUT2D eigenvalue weighted by Crippen LogP contribution is 2.27. The summed E-state index contributed by atoms with van der Waals surface area (Å²) in [5, 5.41) is 19.0. The van der Waals surface area contributed by atoms with Crippen molar-refractivity contribution in [2.24, 2.45) is 5.84 Å². The Kier molecular flexibility index (Phi) is 3.90. The van der Waals surface area contributed by atoms with Crippen LogP contribution in [0.1, 0.15) is 10.4 Å². The molecule has 10 heteroatoms. The van der Waals surface area contributed by atoms with Gasteiger partial charge in [0.1, 0.15) is 5.69 Å². The van der Waals surface area contributed by atoms with Crippen molar-refractivity contribution in [3.05, 3.63) is 56.4 Å². The van der Waals surface area contributed by atoms with Crippen LogP contribution in [-0.4, -0.2) is 21.0 Å². The lowest BCUT2D eigenvalue weighted by atomic mass is 10.1. The van der Waals surface area contributed by atoms with Crippen molar-refractivity contribution < 1.29 is 9.72 Å². The van der Waals surface area contributed by atoms with Gasteiger partial charge in [-0.2, -0.15) is 5.10 Å². The third-order valence-corrected chi connectivity index (χ3v) is 2.55. The molecule has 0 unspecified atom stereocenters. The number of H-pyrrole nitrogens is 1. The highest BCUT2D eigenvalue weighted by Gasteiger charge is 2.21. The predicted octanol–water partition coefficient (Wildman–Crippen LogP) is 0.216. The maximum atomic E-state index is 12.1. The van der Waals surface area contributed by atoms with Crippen LogP contribution in [0, 0.1) is 10.1 Å². The second-order valence-corrected chi connectivity index (χ2v) is 3.86. The first kappa shape index (κ1) is 14.1. The summed E-state index contributed by atoms with van der Waals surface area (Å²) in [6.07, 6.45) is 0. The van der Waals surface area contributed by atoms with E-state index >= 15 is 0 Å². The Morgan fingerprint density at radius 1 is 1.33 bits per heavy atom. The maximum Gasteiger partial charge on any atom is 0.294 e. The molecule has 1 heterocycles. The van der Waals surface area contributed by atoms with Gasteiger partial charge in [-0.25, -0.2) is 5.10 Å². The number of hydrogen-bond donors (Lipinski definition) is 4. The summed E-state index contributed by atoms with van der Waals surface area (Å²) >= 11 is 0. The molecule has 0 fully saturated rings. The average Bonchev–Trinajstić information content (AvgIpc) is 2.48. The van der Waals surface area contributed by atoms with Gasteiger partial charge in [0.25, 0.3) is 17.2 Å². The van der Waals surface area contributed by atoms with Crippen molar-refractivity contribution in [1.82, 2.24) is 10.2 Å². The van der Waals surface area contributed by atoms with Gasteiger partial charge in [-0.1, -0.05) is 6.07 Å². The molecule has 1 aromatic heterocycles. The number of nitrogens with two attached hydrogens (primary N) is 1. The Bertz CT molecular complexity index is 736. The summed E-state index contributed by atoms with van der Waals surface area (Å²) < 4.78 is 0. The largest absolute Gasteiger partial charge is 0.318 e. The molecule has 0 spiro atoms. The highest BCUT2D eigenvalue weighted by atomic mass is 16.6. The van der Waals surface area contributed by atoms with E-state index in [-0.39, 0.29) is 22.8 Å². The molecule has 0 saturated carbocycles. The minimum atomic E-state index is -0.662. The zero-order valence-corrected chi connectivity index (χ0v) is 10.5. The van der Waals surface area contributed by atoms with Gasteiger partial charge in [0.15, 0.2) is 5.82 Å². The van der Waals surface area contributed by atoms with Gasteiger partial charge in [-0.05, 0) is 12.1 Å². The number of hydrazine groups is 1. The molecule has 21 heavy (non-hydrogen) atoms. The molecule has 10 nitrogen and oxygen atoms in total. The van der Waals surface area contributed by atoms with Crippen molar-refractivity contribution >= 4 is 23.1 Å². The van der Waals surface area contributed by atoms with Crippen molar-refractivity contribution in [3.8, 4) is 0 Å². The highest BCUT2D eigenvalue weighted by molar-refractivity contribution is 6.08. The topological polar surface area (TPSA) is 156 Å². The number of nitro groups is 1. The summed E-state index contributed by atoms with van der Waals surface area (Å²) in [4.78, 5) is 33.2. The molecule has 1 aromatic carbocycles. The summed E-state index contributed by atoms with van der Waals surface area (Å²) in [7, 11) is 0. The molecule has 0 bridgehead atoms. The third kappa shape index (κ3) is 3.01. The van der Waals surface area contributed by atoms with Crippen LogP contribution < -0.4 is 22.1 Å². The SMILES string of the molecule is NNc1c(C(=O)Nc2ccc(=O)[nH]n2)cccc1[N+](=O)[O-]. The minimum Gasteiger partial charge on any atom is -0.318 e. The molecule has 0 radical (unpaired) electrons. The van der Waals surface area contributed by atoms with Crippen molar-refractivity contribution in [3.63, 3.8) is 0 Å². The molecule has 0 saturated heterocycles. The molecule has 1 amide bonds. The molecule has 2 rings (SSSR count). The van der Waals surface area contributed by atoms with Crippen LogP contribution in [0.3, 0.4) is 0 Å². The summed E-state index contributed by atoms with van der Waals surface area (Å²) in [5.74, 6) is 4.67. The standard InChI is InChI=1S/C11H10N6O4/c12-14-10-6(2-1-3-7(10)17(20)21)11(19)13-8-4-5-9(18)16-15-8/h1-5,14H,12H2,(H,16,18)(H,13,15,19). The molecule has 2 aromatic rings. The first-order chi connectivity index (χ1) is 10.0. The summed E-state index contributed by atoms with van der Waals surface area (Å²) in [5.41, 5.74) is 1.23. The molecule has 0 aliphatic rings. The Morgan fingerprint density at radius 3 is 2.67 bits per heavy atom. The molecule has 108 valence electrons. The number of aromatic amines is 1. The fraction of sp³-hybridized carbons (Fsp3) is 0. The van der Waals surface area contributed by atoms with Crippen LogP contribution >= 0.6 is 0 Å². The lowest BCUT2D eigenvalue weighted by Crippen LogP contribution is -2.19. The fourth-order valence-corrected chi connectivity index (χ4v) is 1.63. The van der Waals surface area contributed by atoms with E-state index in [0.29, 0.717) is 0 Å². The van der Waals surface area contributed by atoms with Crippen molar-refractivity contribution in [2.45, 2.75) is 0 Å². The smallest absolute Gasteiger partial charge is 0.294 e. The quantitative estimate of drug-likeness (QED) is 0.356. The number of carbonyl (C=O) groups is 1. The second-order valence-electron chi connectivity index (χ2n) is 3.86. The normalized spacial score (nSPS) is 9.95. The fourth-order valence-electron chi connectivity index (χ4n) is 1.63. The van der Waals surface area contributed by atoms with E-state index in [1.807, 2.05) is 0 Å². The lowest BCUT2D eigenvalue weighted by Gasteiger charge is -2.09. The molecule has 0 aliphatic carbocycles. The number of nitrogen functional groups attached to an aromatic ring is 1. The van der Waals surface area contributed by atoms with Crippen LogP contribution in [0.15, 0.2) is 35.1 Å². The maximum absolute atomic E-state index is 12.1. The first-order valence-corrected chi connectivity index (χ1v) is 5.64. The molecule has 0 aliphatic heterocycles. The van der Waals surface area contributed by atoms with Crippen LogP contribution in [0.5, 0.6) is 0 Å². The molecule has 0 atom stereocenters. The number of carbonyl (C=O) groups excluding carboxylic acids is 1. The molecule has 5 N–H and O–H groups in total. The number of para-hydroxylation sites is 1. The van der Waals surface area contributed by atoms with Crippen molar-refractivity contribution in [1.29, 1.82) is 0 Å². The van der Waals surface area contributed by atoms with Crippen LogP contribution in [0.2, 0.25) is 0 Å². The van der Waals surface area contributed by atoms with Gasteiger partial charge < -0.3 is 10.7 Å². The van der Waals surface area contributed by atoms with Crippen molar-refractivity contribution in [2.75, 3.05) is 10.7 Å². The lowest BCUT2D eigenvalue weighted by molar-refractivity contribution is -0.384. The van der Waals surface area contributed by atoms with E-state index in [2.05, 4.69) is 20.9 Å². The number of anilines is 2. The molecular formula is C11H10N6O4. The summed E-state index contributed by atoms with van der Waals surface area (Å²) in [6, 6.07) is 6.41. The summed E-state index contributed by atoms with van der Waals surface area (Å²) in [6.45, 7) is 0. The van der Waals surface area contributed by atoms with Gasteiger partial charge in [-0.3, -0.25) is 25.5 Å². The van der Waals surface area contributed by atoms with E-state index in [1.54, 1.807) is 0 Å². The number of hydrogen-bond acceptors (Lipinski definition) is 7. The Balaban J connectivity index is 2.35. The number of aromatic nitrogens is 2. The number of rotatable bonds is 4. The Morgan fingerprint density at radius 2 is 2.10 bits per heavy atom. The number of nitrogens with zero attached hydrogens (tertiary/aromatic N) is 2. The zero-order chi connectivity index (χ0) is 15.4. The van der Waals surface area contributed by atoms with E-state index < -0.39 is 16.4 Å². The first-order valence-electron chi connectivity index (χ1n) is 5.64. The van der Waals surface area contributed by atoms with Gasteiger partial charge >= 0.3 is 0 Å². The second kappa shape index (κ2) is 5.79. The predicted molar refractivity (Wildman–Crippen MR) is 73.7 cm³/mol. The Hall–Kier alpha value is -3.27. The number of nitrogens with one attached hydrogen (secondary N) is 3. The van der Waals surface area contributed by atoms with E-state index in [1.165, 1.54) is 30.3 Å². The number of nitro benzene ring substituents is 1. The Labute approximate surface area is 117 Å². The number of benzene rings is 1. The van der Waals surface area contributed by atoms with Crippen LogP contribution in [0.25, 0.3) is 0 Å². The van der Waals surface area contributed by atoms with Gasteiger partial charge in [0.05, 0.1) is 10.5 Å². The zero-order valence-electron chi connectivity index (χ0n) is 10.5. The molecular weight excluding hydrogens is 280 g/mol. The minimum absolute atomic E-state index is 0.0281. The monoisotopic (exact) mass is 290 g/mol. The van der Waals surface area contributed by atoms with Crippen LogP contribution in [-0.2, 0) is 0 Å². The number of amides is 1. The van der Waals surface area contributed by atoms with Crippen LogP contribution in [0.4, 0.5) is 17.2 Å². The van der Waals surface area contributed by atoms with E-state index in [0.717, 1.165) is 0 Å². The van der Waals surface area contributed by atoms with Gasteiger partial charge in [0, 0.05) is 12.1 Å². The third-order valence-electron chi connectivity index (χ3n) is 2.55.